The molecule has 0 radical (unpaired) electrons. The van der Waals surface area contributed by atoms with Crippen LogP contribution in [0.3, 0.4) is 0 Å². The van der Waals surface area contributed by atoms with E-state index in [-0.39, 0.29) is 36.7 Å². The number of ketones is 1. The van der Waals surface area contributed by atoms with Crippen LogP contribution in [0.1, 0.15) is 12.0 Å². The van der Waals surface area contributed by atoms with Crippen LogP contribution in [0.5, 0.6) is 0 Å². The molecule has 4 rings (SSSR count). The fraction of sp³-hybridized carbons (Fsp3) is 0.136. The van der Waals surface area contributed by atoms with Crippen LogP contribution in [-0.2, 0) is 19.1 Å². The average Bonchev–Trinajstić information content (AvgIpc) is 3.17. The molecule has 2 aromatic heterocycles. The molecule has 0 bridgehead atoms. The molecule has 0 atom stereocenters. The third-order valence-corrected chi connectivity index (χ3v) is 4.46. The van der Waals surface area contributed by atoms with E-state index in [4.69, 9.17) is 14.6 Å². The number of nitrogens with zero attached hydrogens (tertiary/aromatic N) is 1. The topological polar surface area (TPSA) is 114 Å². The number of H-pyrrole nitrogens is 1. The number of nitrogens with one attached hydrogen (secondary N) is 2. The van der Waals surface area contributed by atoms with Crippen LogP contribution in [0.15, 0.2) is 77.8 Å². The molecule has 0 amide bonds. The molecule has 2 aromatic rings. The molecule has 0 saturated carbocycles. The minimum atomic E-state index is -0.799. The first-order chi connectivity index (χ1) is 14.7. The minimum absolute atomic E-state index is 0.00115. The molecule has 3 N–H and O–H groups in total. The van der Waals surface area contributed by atoms with Crippen molar-refractivity contribution in [3.8, 4) is 0 Å². The SMILES string of the molecule is O=C(OCCCO)C1=C(C2=CC=CC=CN2)O/C(=C\c2c[nH]c3ncccc23)C1=O. The Labute approximate surface area is 171 Å². The van der Waals surface area contributed by atoms with Crippen molar-refractivity contribution < 1.29 is 24.2 Å². The van der Waals surface area contributed by atoms with Gasteiger partial charge in [0, 0.05) is 42.6 Å². The maximum absolute atomic E-state index is 13.1. The summed E-state index contributed by atoms with van der Waals surface area (Å²) in [6.45, 7) is -0.121. The highest BCUT2D eigenvalue weighted by Gasteiger charge is 2.38. The molecule has 0 aliphatic carbocycles. The summed E-state index contributed by atoms with van der Waals surface area (Å²) in [7, 11) is 0. The van der Waals surface area contributed by atoms with Crippen molar-refractivity contribution in [3.63, 3.8) is 0 Å². The smallest absolute Gasteiger partial charge is 0.346 e. The van der Waals surface area contributed by atoms with E-state index in [1.54, 1.807) is 55.0 Å². The van der Waals surface area contributed by atoms with Gasteiger partial charge >= 0.3 is 5.97 Å². The number of allylic oxidation sites excluding steroid dienone is 5. The lowest BCUT2D eigenvalue weighted by Crippen LogP contribution is -2.17. The van der Waals surface area contributed by atoms with Crippen molar-refractivity contribution >= 4 is 28.9 Å². The Morgan fingerprint density at radius 3 is 3.07 bits per heavy atom. The maximum Gasteiger partial charge on any atom is 0.346 e. The number of carbonyl (C=O) groups excluding carboxylic acids is 2. The summed E-state index contributed by atoms with van der Waals surface area (Å²) in [6, 6.07) is 3.66. The third-order valence-electron chi connectivity index (χ3n) is 4.46. The summed E-state index contributed by atoms with van der Waals surface area (Å²) in [5.74, 6) is -1.28. The number of ether oxygens (including phenoxy) is 2. The van der Waals surface area contributed by atoms with Crippen LogP contribution in [0.2, 0.25) is 0 Å². The number of fused-ring (bicyclic) bond motifs is 1. The number of hydrogen-bond donors (Lipinski definition) is 3. The van der Waals surface area contributed by atoms with Crippen molar-refractivity contribution in [2.75, 3.05) is 13.2 Å². The zero-order valence-corrected chi connectivity index (χ0v) is 15.9. The summed E-state index contributed by atoms with van der Waals surface area (Å²) >= 11 is 0. The van der Waals surface area contributed by atoms with Gasteiger partial charge in [0.1, 0.15) is 5.65 Å². The first-order valence-electron chi connectivity index (χ1n) is 9.38. The van der Waals surface area contributed by atoms with Crippen LogP contribution >= 0.6 is 0 Å². The zero-order chi connectivity index (χ0) is 20.9. The molecular formula is C22H19N3O5. The highest BCUT2D eigenvalue weighted by Crippen LogP contribution is 2.32. The molecule has 2 aliphatic heterocycles. The average molecular weight is 405 g/mol. The summed E-state index contributed by atoms with van der Waals surface area (Å²) in [5.41, 5.74) is 1.64. The number of esters is 1. The number of aromatic amines is 1. The molecule has 0 spiro atoms. The van der Waals surface area contributed by atoms with Crippen LogP contribution in [0.4, 0.5) is 0 Å². The van der Waals surface area contributed by atoms with Crippen molar-refractivity contribution in [1.82, 2.24) is 15.3 Å². The monoisotopic (exact) mass is 405 g/mol. The van der Waals surface area contributed by atoms with E-state index in [2.05, 4.69) is 15.3 Å². The molecule has 2 aliphatic rings. The Kier molecular flexibility index (Phi) is 5.58. The molecule has 30 heavy (non-hydrogen) atoms. The van der Waals surface area contributed by atoms with Gasteiger partial charge in [-0.3, -0.25) is 4.79 Å². The van der Waals surface area contributed by atoms with Crippen LogP contribution in [-0.4, -0.2) is 40.0 Å². The largest absolute Gasteiger partial charge is 0.462 e. The Morgan fingerprint density at radius 1 is 1.30 bits per heavy atom. The van der Waals surface area contributed by atoms with Gasteiger partial charge in [-0.2, -0.15) is 0 Å². The number of aliphatic hydroxyl groups excluding tert-OH is 1. The molecule has 8 nitrogen and oxygen atoms in total. The number of aliphatic hydroxyl groups is 1. The number of carbonyl (C=O) groups is 2. The second kappa shape index (κ2) is 8.62. The van der Waals surface area contributed by atoms with Gasteiger partial charge in [0.2, 0.25) is 5.78 Å². The number of hydrogen-bond acceptors (Lipinski definition) is 7. The van der Waals surface area contributed by atoms with Crippen molar-refractivity contribution in [2.24, 2.45) is 0 Å². The summed E-state index contributed by atoms with van der Waals surface area (Å²) in [6.07, 6.45) is 13.9. The number of Topliss-reactive ketones (excluding diaryl/α,β-unsaturated/α-hetero) is 1. The zero-order valence-electron chi connectivity index (χ0n) is 15.9. The number of aromatic nitrogens is 2. The normalized spacial score (nSPS) is 17.2. The van der Waals surface area contributed by atoms with E-state index in [0.717, 1.165) is 5.39 Å². The first-order valence-corrected chi connectivity index (χ1v) is 9.38. The van der Waals surface area contributed by atoms with Crippen LogP contribution in [0, 0.1) is 0 Å². The van der Waals surface area contributed by atoms with E-state index < -0.39 is 11.8 Å². The number of pyridine rings is 1. The Hall–Kier alpha value is -3.91. The van der Waals surface area contributed by atoms with Crippen LogP contribution in [0.25, 0.3) is 17.1 Å². The molecule has 0 saturated heterocycles. The van der Waals surface area contributed by atoms with E-state index in [0.29, 0.717) is 16.9 Å². The molecule has 0 unspecified atom stereocenters. The fourth-order valence-corrected chi connectivity index (χ4v) is 3.04. The fourth-order valence-electron chi connectivity index (χ4n) is 3.04. The molecule has 0 aromatic carbocycles. The third kappa shape index (κ3) is 3.81. The van der Waals surface area contributed by atoms with Crippen molar-refractivity contribution in [1.29, 1.82) is 0 Å². The van der Waals surface area contributed by atoms with Gasteiger partial charge in [0.15, 0.2) is 17.1 Å². The first kappa shape index (κ1) is 19.4. The molecular weight excluding hydrogens is 386 g/mol. The van der Waals surface area contributed by atoms with Crippen LogP contribution < -0.4 is 5.32 Å². The lowest BCUT2D eigenvalue weighted by atomic mass is 10.1. The highest BCUT2D eigenvalue weighted by molar-refractivity contribution is 6.27. The summed E-state index contributed by atoms with van der Waals surface area (Å²) in [5, 5.41) is 12.7. The molecule has 4 heterocycles. The highest BCUT2D eigenvalue weighted by atomic mass is 16.5. The van der Waals surface area contributed by atoms with Crippen molar-refractivity contribution in [2.45, 2.75) is 6.42 Å². The van der Waals surface area contributed by atoms with E-state index in [1.165, 1.54) is 0 Å². The Morgan fingerprint density at radius 2 is 2.20 bits per heavy atom. The van der Waals surface area contributed by atoms with Gasteiger partial charge in [-0.15, -0.1) is 0 Å². The molecule has 152 valence electrons. The minimum Gasteiger partial charge on any atom is -0.462 e. The summed E-state index contributed by atoms with van der Waals surface area (Å²) < 4.78 is 11.0. The molecule has 0 fully saturated rings. The lowest BCUT2D eigenvalue weighted by molar-refractivity contribution is -0.140. The molecule has 8 heteroatoms. The second-order valence-corrected chi connectivity index (χ2v) is 6.47. The quantitative estimate of drug-likeness (QED) is 0.292. The second-order valence-electron chi connectivity index (χ2n) is 6.47. The Bertz CT molecular complexity index is 1150. The van der Waals surface area contributed by atoms with Gasteiger partial charge in [0.25, 0.3) is 0 Å². The van der Waals surface area contributed by atoms with E-state index in [9.17, 15) is 9.59 Å². The predicted octanol–water partition coefficient (Wildman–Crippen LogP) is 2.24. The van der Waals surface area contributed by atoms with Gasteiger partial charge in [0.05, 0.1) is 12.3 Å². The predicted molar refractivity (Wildman–Crippen MR) is 109 cm³/mol. The lowest BCUT2D eigenvalue weighted by Gasteiger charge is -2.09. The van der Waals surface area contributed by atoms with Gasteiger partial charge in [-0.05, 0) is 30.4 Å². The maximum atomic E-state index is 13.1. The standard InChI is InChI=1S/C22H19N3O5/c26-10-5-11-29-22(28)18-19(27)17(30-20(18)16-7-2-1-3-8-23-16)12-14-13-25-21-15(14)6-4-9-24-21/h1-4,6-9,12-13,23,26H,5,10-11H2,(H,24,25)/b17-12-. The van der Waals surface area contributed by atoms with E-state index in [1.807, 2.05) is 6.07 Å². The number of rotatable bonds is 6. The van der Waals surface area contributed by atoms with Crippen molar-refractivity contribution in [3.05, 3.63) is 83.4 Å². The van der Waals surface area contributed by atoms with Gasteiger partial charge in [-0.25, -0.2) is 9.78 Å². The van der Waals surface area contributed by atoms with Gasteiger partial charge < -0.3 is 24.9 Å². The Balaban J connectivity index is 1.71. The summed E-state index contributed by atoms with van der Waals surface area (Å²) in [4.78, 5) is 33.0. The van der Waals surface area contributed by atoms with E-state index >= 15 is 0 Å². The van der Waals surface area contributed by atoms with Gasteiger partial charge in [-0.1, -0.05) is 12.2 Å².